The molecule has 2 aromatic carbocycles. The molecule has 0 aromatic heterocycles. The minimum absolute atomic E-state index is 0.00385. The maximum atomic E-state index is 12.9. The number of methoxy groups -OCH3 is 1. The monoisotopic (exact) mass is 383 g/mol. The van der Waals surface area contributed by atoms with Gasteiger partial charge in [0.2, 0.25) is 5.91 Å². The van der Waals surface area contributed by atoms with E-state index in [0.29, 0.717) is 19.7 Å². The second-order valence-electron chi connectivity index (χ2n) is 6.75. The highest BCUT2D eigenvalue weighted by Crippen LogP contribution is 2.14. The molecule has 0 heterocycles. The summed E-state index contributed by atoms with van der Waals surface area (Å²) in [7, 11) is 1.37. The Balaban J connectivity index is 2.04. The summed E-state index contributed by atoms with van der Waals surface area (Å²) < 4.78 is 10.3. The molecule has 0 fully saturated rings. The van der Waals surface area contributed by atoms with Crippen LogP contribution in [0.3, 0.4) is 0 Å². The van der Waals surface area contributed by atoms with E-state index in [1.165, 1.54) is 7.11 Å². The molecule has 0 spiro atoms. The predicted molar refractivity (Wildman–Crippen MR) is 109 cm³/mol. The van der Waals surface area contributed by atoms with Gasteiger partial charge in [-0.3, -0.25) is 9.59 Å². The van der Waals surface area contributed by atoms with E-state index in [1.807, 2.05) is 61.5 Å². The number of esters is 1. The summed E-state index contributed by atoms with van der Waals surface area (Å²) in [6, 6.07) is 17.6. The van der Waals surface area contributed by atoms with Gasteiger partial charge < -0.3 is 14.4 Å². The summed E-state index contributed by atoms with van der Waals surface area (Å²) in [5.41, 5.74) is 2.08. The molecule has 0 saturated carbocycles. The summed E-state index contributed by atoms with van der Waals surface area (Å²) in [5, 5.41) is 0. The molecule has 0 radical (unpaired) electrons. The molecule has 150 valence electrons. The van der Waals surface area contributed by atoms with E-state index in [0.717, 1.165) is 23.3 Å². The van der Waals surface area contributed by atoms with Crippen molar-refractivity contribution in [3.05, 3.63) is 65.7 Å². The number of hydrogen-bond acceptors (Lipinski definition) is 4. The van der Waals surface area contributed by atoms with Crippen LogP contribution in [0.4, 0.5) is 0 Å². The number of rotatable bonds is 10. The minimum Gasteiger partial charge on any atom is -0.494 e. The summed E-state index contributed by atoms with van der Waals surface area (Å²) in [4.78, 5) is 26.5. The highest BCUT2D eigenvalue weighted by Gasteiger charge is 2.21. The minimum atomic E-state index is -0.370. The third kappa shape index (κ3) is 6.72. The molecule has 5 nitrogen and oxygen atoms in total. The zero-order valence-corrected chi connectivity index (χ0v) is 16.9. The normalized spacial score (nSPS) is 11.5. The van der Waals surface area contributed by atoms with Crippen LogP contribution >= 0.6 is 0 Å². The van der Waals surface area contributed by atoms with Crippen molar-refractivity contribution in [3.8, 4) is 5.75 Å². The first kappa shape index (κ1) is 21.5. The molecule has 2 rings (SSSR count). The van der Waals surface area contributed by atoms with Gasteiger partial charge in [0, 0.05) is 13.1 Å². The SMILES string of the molecule is CCOc1ccc(CC(=O)N(CCc2ccccc2)CC(C)C(=O)OC)cc1. The zero-order chi connectivity index (χ0) is 20.4. The lowest BCUT2D eigenvalue weighted by Gasteiger charge is -2.25. The van der Waals surface area contributed by atoms with Crippen LogP contribution in [-0.2, 0) is 27.2 Å². The Hall–Kier alpha value is -2.82. The lowest BCUT2D eigenvalue weighted by molar-refractivity contribution is -0.146. The van der Waals surface area contributed by atoms with Gasteiger partial charge in [-0.25, -0.2) is 0 Å². The van der Waals surface area contributed by atoms with Gasteiger partial charge in [-0.15, -0.1) is 0 Å². The van der Waals surface area contributed by atoms with E-state index in [4.69, 9.17) is 9.47 Å². The van der Waals surface area contributed by atoms with E-state index in [1.54, 1.807) is 11.8 Å². The number of carbonyl (C=O) groups excluding carboxylic acids is 2. The molecule has 0 aliphatic carbocycles. The van der Waals surface area contributed by atoms with E-state index in [9.17, 15) is 9.59 Å². The number of nitrogens with zero attached hydrogens (tertiary/aromatic N) is 1. The average Bonchev–Trinajstić information content (AvgIpc) is 2.72. The predicted octanol–water partition coefficient (Wildman–Crippen LogP) is 3.51. The van der Waals surface area contributed by atoms with Gasteiger partial charge in [0.1, 0.15) is 5.75 Å². The molecule has 0 bridgehead atoms. The van der Waals surface area contributed by atoms with Crippen LogP contribution in [0.2, 0.25) is 0 Å². The Kier molecular flexibility index (Phi) is 8.53. The Bertz CT molecular complexity index is 743. The first-order chi connectivity index (χ1) is 13.5. The summed E-state index contributed by atoms with van der Waals surface area (Å²) in [6.45, 7) is 5.23. The second kappa shape index (κ2) is 11.1. The molecule has 0 aliphatic rings. The third-order valence-electron chi connectivity index (χ3n) is 4.55. The first-order valence-corrected chi connectivity index (χ1v) is 9.64. The van der Waals surface area contributed by atoms with Gasteiger partial charge in [-0.1, -0.05) is 49.4 Å². The summed E-state index contributed by atoms with van der Waals surface area (Å²) in [5.74, 6) is 0.110. The quantitative estimate of drug-likeness (QED) is 0.589. The van der Waals surface area contributed by atoms with Gasteiger partial charge in [0.05, 0.1) is 26.1 Å². The van der Waals surface area contributed by atoms with Gasteiger partial charge in [-0.05, 0) is 36.6 Å². The third-order valence-corrected chi connectivity index (χ3v) is 4.55. The fraction of sp³-hybridized carbons (Fsp3) is 0.391. The van der Waals surface area contributed by atoms with Crippen molar-refractivity contribution in [3.63, 3.8) is 0 Å². The smallest absolute Gasteiger partial charge is 0.310 e. The lowest BCUT2D eigenvalue weighted by atomic mass is 10.1. The lowest BCUT2D eigenvalue weighted by Crippen LogP contribution is -2.39. The molecular weight excluding hydrogens is 354 g/mol. The Labute approximate surface area is 167 Å². The van der Waals surface area contributed by atoms with Gasteiger partial charge in [-0.2, -0.15) is 0 Å². The molecule has 1 amide bonds. The molecule has 28 heavy (non-hydrogen) atoms. The van der Waals surface area contributed by atoms with E-state index >= 15 is 0 Å². The standard InChI is InChI=1S/C23H29NO4/c1-4-28-21-12-10-20(11-13-21)16-22(25)24(17-18(2)23(26)27-3)15-14-19-8-6-5-7-9-19/h5-13,18H,4,14-17H2,1-3H3. The van der Waals surface area contributed by atoms with Crippen molar-refractivity contribution < 1.29 is 19.1 Å². The van der Waals surface area contributed by atoms with E-state index in [2.05, 4.69) is 0 Å². The van der Waals surface area contributed by atoms with Gasteiger partial charge >= 0.3 is 5.97 Å². The van der Waals surface area contributed by atoms with Crippen molar-refractivity contribution in [2.24, 2.45) is 5.92 Å². The van der Waals surface area contributed by atoms with Crippen LogP contribution in [0.1, 0.15) is 25.0 Å². The Morgan fingerprint density at radius 1 is 1.00 bits per heavy atom. The zero-order valence-electron chi connectivity index (χ0n) is 16.9. The second-order valence-corrected chi connectivity index (χ2v) is 6.75. The first-order valence-electron chi connectivity index (χ1n) is 9.64. The largest absolute Gasteiger partial charge is 0.494 e. The van der Waals surface area contributed by atoms with Crippen molar-refractivity contribution >= 4 is 11.9 Å². The number of amides is 1. The van der Waals surface area contributed by atoms with Crippen LogP contribution in [-0.4, -0.2) is 43.6 Å². The highest BCUT2D eigenvalue weighted by molar-refractivity contribution is 5.80. The Morgan fingerprint density at radius 2 is 1.68 bits per heavy atom. The summed E-state index contributed by atoms with van der Waals surface area (Å²) >= 11 is 0. The molecule has 1 unspecified atom stereocenters. The van der Waals surface area contributed by atoms with Gasteiger partial charge in [0.25, 0.3) is 0 Å². The molecule has 0 aliphatic heterocycles. The Morgan fingerprint density at radius 3 is 2.29 bits per heavy atom. The highest BCUT2D eigenvalue weighted by atomic mass is 16.5. The van der Waals surface area contributed by atoms with E-state index < -0.39 is 0 Å². The summed E-state index contributed by atoms with van der Waals surface area (Å²) in [6.07, 6.45) is 1.03. The fourth-order valence-corrected chi connectivity index (χ4v) is 2.99. The molecule has 1 atom stereocenters. The van der Waals surface area contributed by atoms with Crippen LogP contribution in [0.15, 0.2) is 54.6 Å². The molecule has 5 heteroatoms. The number of benzene rings is 2. The molecule has 0 saturated heterocycles. The molecule has 2 aromatic rings. The van der Waals surface area contributed by atoms with E-state index in [-0.39, 0.29) is 24.2 Å². The van der Waals surface area contributed by atoms with Crippen LogP contribution < -0.4 is 4.74 Å². The van der Waals surface area contributed by atoms with Gasteiger partial charge in [0.15, 0.2) is 0 Å². The fourth-order valence-electron chi connectivity index (χ4n) is 2.99. The molecule has 0 N–H and O–H groups in total. The number of ether oxygens (including phenoxy) is 2. The average molecular weight is 383 g/mol. The van der Waals surface area contributed by atoms with Crippen LogP contribution in [0.25, 0.3) is 0 Å². The van der Waals surface area contributed by atoms with Crippen molar-refractivity contribution in [1.29, 1.82) is 0 Å². The maximum Gasteiger partial charge on any atom is 0.310 e. The molecular formula is C23H29NO4. The number of carbonyl (C=O) groups is 2. The maximum absolute atomic E-state index is 12.9. The van der Waals surface area contributed by atoms with Crippen LogP contribution in [0, 0.1) is 5.92 Å². The number of hydrogen-bond donors (Lipinski definition) is 0. The topological polar surface area (TPSA) is 55.8 Å². The van der Waals surface area contributed by atoms with Crippen molar-refractivity contribution in [2.75, 3.05) is 26.8 Å². The van der Waals surface area contributed by atoms with Crippen molar-refractivity contribution in [2.45, 2.75) is 26.7 Å². The van der Waals surface area contributed by atoms with Crippen LogP contribution in [0.5, 0.6) is 5.75 Å². The van der Waals surface area contributed by atoms with Crippen molar-refractivity contribution in [1.82, 2.24) is 4.90 Å².